The highest BCUT2D eigenvalue weighted by molar-refractivity contribution is 5.66. The maximum absolute atomic E-state index is 10.6. The van der Waals surface area contributed by atoms with Crippen molar-refractivity contribution in [3.8, 4) is 11.4 Å². The highest BCUT2D eigenvalue weighted by Crippen LogP contribution is 2.24. The lowest BCUT2D eigenvalue weighted by atomic mass is 9.98. The molecule has 1 saturated carbocycles. The molecule has 0 radical (unpaired) electrons. The second kappa shape index (κ2) is 11.4. The van der Waals surface area contributed by atoms with Crippen LogP contribution in [-0.2, 0) is 11.2 Å². The largest absolute Gasteiger partial charge is 0.490 e. The summed E-state index contributed by atoms with van der Waals surface area (Å²) in [5.41, 5.74) is 6.56. The predicted octanol–water partition coefficient (Wildman–Crippen LogP) is 2.54. The molecule has 1 heterocycles. The van der Waals surface area contributed by atoms with Gasteiger partial charge in [-0.2, -0.15) is 0 Å². The Hall–Kier alpha value is -2.38. The minimum absolute atomic E-state index is 0.0972. The van der Waals surface area contributed by atoms with Gasteiger partial charge in [0.15, 0.2) is 0 Å². The van der Waals surface area contributed by atoms with Crippen LogP contribution in [0.4, 0.5) is 0 Å². The standard InChI is InChI=1S/C18H22N2O3.C2H7NO/c21-18(22)11-6-14-12-20(13-19-14)15-7-9-17(10-8-15)23-16-4-2-1-3-5-16;3-1-2-4/h7-10,12-13,16H,1-6,11H2,(H,21,22);4H,1-3H2. The van der Waals surface area contributed by atoms with E-state index in [4.69, 9.17) is 20.7 Å². The number of hydrogen-bond acceptors (Lipinski definition) is 5. The molecule has 0 spiro atoms. The van der Waals surface area contributed by atoms with Crippen molar-refractivity contribution in [2.24, 2.45) is 5.73 Å². The molecule has 0 atom stereocenters. The third-order valence-corrected chi connectivity index (χ3v) is 4.35. The normalized spacial score (nSPS) is 14.3. The molecule has 1 aromatic heterocycles. The molecule has 27 heavy (non-hydrogen) atoms. The van der Waals surface area contributed by atoms with E-state index in [0.29, 0.717) is 19.1 Å². The summed E-state index contributed by atoms with van der Waals surface area (Å²) < 4.78 is 7.93. The van der Waals surface area contributed by atoms with Gasteiger partial charge in [-0.25, -0.2) is 4.98 Å². The smallest absolute Gasteiger partial charge is 0.303 e. The molecule has 0 unspecified atom stereocenters. The fourth-order valence-corrected chi connectivity index (χ4v) is 2.94. The van der Waals surface area contributed by atoms with Gasteiger partial charge in [-0.15, -0.1) is 0 Å². The molecule has 0 amide bonds. The lowest BCUT2D eigenvalue weighted by molar-refractivity contribution is -0.136. The number of carboxylic acid groups (broad SMARTS) is 1. The van der Waals surface area contributed by atoms with E-state index in [1.807, 2.05) is 35.0 Å². The Morgan fingerprint density at radius 1 is 1.22 bits per heavy atom. The third kappa shape index (κ3) is 7.40. The van der Waals surface area contributed by atoms with Crippen LogP contribution in [0.1, 0.15) is 44.2 Å². The van der Waals surface area contributed by atoms with E-state index >= 15 is 0 Å². The molecule has 7 heteroatoms. The van der Waals surface area contributed by atoms with E-state index in [-0.39, 0.29) is 13.0 Å². The number of nitrogens with zero attached hydrogens (tertiary/aromatic N) is 2. The van der Waals surface area contributed by atoms with E-state index < -0.39 is 5.97 Å². The number of aryl methyl sites for hydroxylation is 1. The quantitative estimate of drug-likeness (QED) is 0.686. The molecule has 148 valence electrons. The zero-order valence-corrected chi connectivity index (χ0v) is 15.6. The van der Waals surface area contributed by atoms with Gasteiger partial charge in [0.1, 0.15) is 5.75 Å². The van der Waals surface area contributed by atoms with Crippen LogP contribution in [0.3, 0.4) is 0 Å². The summed E-state index contributed by atoms with van der Waals surface area (Å²) in [4.78, 5) is 14.9. The molecule has 1 fully saturated rings. The lowest BCUT2D eigenvalue weighted by Crippen LogP contribution is -2.19. The number of nitrogens with two attached hydrogens (primary N) is 1. The second-order valence-corrected chi connectivity index (χ2v) is 6.55. The summed E-state index contributed by atoms with van der Waals surface area (Å²) in [5, 5.41) is 16.5. The number of aliphatic hydroxyl groups is 1. The summed E-state index contributed by atoms with van der Waals surface area (Å²) in [6, 6.07) is 7.98. The second-order valence-electron chi connectivity index (χ2n) is 6.55. The van der Waals surface area contributed by atoms with E-state index in [1.54, 1.807) is 6.33 Å². The van der Waals surface area contributed by atoms with Crippen molar-refractivity contribution in [1.82, 2.24) is 9.55 Å². The minimum atomic E-state index is -0.802. The van der Waals surface area contributed by atoms with E-state index in [2.05, 4.69) is 4.98 Å². The van der Waals surface area contributed by atoms with Gasteiger partial charge < -0.3 is 25.3 Å². The van der Waals surface area contributed by atoms with Crippen LogP contribution in [0.15, 0.2) is 36.8 Å². The summed E-state index contributed by atoms with van der Waals surface area (Å²) in [5.74, 6) is 0.107. The molecule has 1 aliphatic carbocycles. The highest BCUT2D eigenvalue weighted by Gasteiger charge is 2.14. The number of rotatable bonds is 7. The van der Waals surface area contributed by atoms with Crippen molar-refractivity contribution in [1.29, 1.82) is 0 Å². The first-order valence-electron chi connectivity index (χ1n) is 9.45. The predicted molar refractivity (Wildman–Crippen MR) is 103 cm³/mol. The maximum Gasteiger partial charge on any atom is 0.303 e. The van der Waals surface area contributed by atoms with Crippen molar-refractivity contribution >= 4 is 5.97 Å². The molecule has 1 aromatic carbocycles. The number of aliphatic hydroxyl groups excluding tert-OH is 1. The van der Waals surface area contributed by atoms with Gasteiger partial charge in [0.05, 0.1) is 31.2 Å². The Labute approximate surface area is 159 Å². The molecular weight excluding hydrogens is 346 g/mol. The Kier molecular flexibility index (Phi) is 8.80. The van der Waals surface area contributed by atoms with Crippen LogP contribution in [-0.4, -0.2) is 45.0 Å². The van der Waals surface area contributed by atoms with Crippen molar-refractivity contribution in [2.75, 3.05) is 13.2 Å². The summed E-state index contributed by atoms with van der Waals surface area (Å²) in [6.07, 6.45) is 10.6. The molecular formula is C20H29N3O4. The zero-order valence-electron chi connectivity index (χ0n) is 15.6. The summed E-state index contributed by atoms with van der Waals surface area (Å²) in [6.45, 7) is 0.472. The van der Waals surface area contributed by atoms with Crippen LogP contribution in [0.2, 0.25) is 0 Å². The number of ether oxygens (including phenoxy) is 1. The first kappa shape index (κ1) is 20.9. The van der Waals surface area contributed by atoms with Crippen LogP contribution < -0.4 is 10.5 Å². The van der Waals surface area contributed by atoms with Gasteiger partial charge in [-0.3, -0.25) is 4.79 Å². The average Bonchev–Trinajstić information content (AvgIpc) is 3.17. The number of benzene rings is 1. The summed E-state index contributed by atoms with van der Waals surface area (Å²) in [7, 11) is 0. The number of aliphatic carboxylic acids is 1. The van der Waals surface area contributed by atoms with E-state index in [0.717, 1.165) is 30.0 Å². The first-order valence-corrected chi connectivity index (χ1v) is 9.45. The van der Waals surface area contributed by atoms with Crippen molar-refractivity contribution in [3.63, 3.8) is 0 Å². The van der Waals surface area contributed by atoms with Crippen molar-refractivity contribution in [2.45, 2.75) is 51.0 Å². The molecule has 7 nitrogen and oxygen atoms in total. The molecule has 0 aliphatic heterocycles. The van der Waals surface area contributed by atoms with Crippen LogP contribution in [0, 0.1) is 0 Å². The van der Waals surface area contributed by atoms with Gasteiger partial charge in [0.25, 0.3) is 0 Å². The van der Waals surface area contributed by atoms with Gasteiger partial charge in [-0.1, -0.05) is 6.42 Å². The van der Waals surface area contributed by atoms with Crippen LogP contribution in [0.5, 0.6) is 5.75 Å². The van der Waals surface area contributed by atoms with Gasteiger partial charge in [0.2, 0.25) is 0 Å². The first-order chi connectivity index (χ1) is 13.1. The average molecular weight is 375 g/mol. The molecule has 2 aromatic rings. The Bertz CT molecular complexity index is 677. The number of aromatic nitrogens is 2. The Balaban J connectivity index is 0.000000596. The van der Waals surface area contributed by atoms with Crippen LogP contribution >= 0.6 is 0 Å². The fraction of sp³-hybridized carbons (Fsp3) is 0.500. The summed E-state index contributed by atoms with van der Waals surface area (Å²) >= 11 is 0. The zero-order chi connectivity index (χ0) is 19.5. The van der Waals surface area contributed by atoms with Gasteiger partial charge in [0, 0.05) is 24.8 Å². The third-order valence-electron chi connectivity index (χ3n) is 4.35. The number of carboxylic acids is 1. The molecule has 4 N–H and O–H groups in total. The maximum atomic E-state index is 10.6. The van der Waals surface area contributed by atoms with Crippen molar-refractivity contribution in [3.05, 3.63) is 42.5 Å². The monoisotopic (exact) mass is 375 g/mol. The molecule has 1 aliphatic rings. The Morgan fingerprint density at radius 3 is 2.48 bits per heavy atom. The van der Waals surface area contributed by atoms with E-state index in [9.17, 15) is 4.79 Å². The van der Waals surface area contributed by atoms with Crippen molar-refractivity contribution < 1.29 is 19.7 Å². The minimum Gasteiger partial charge on any atom is -0.490 e. The highest BCUT2D eigenvalue weighted by atomic mass is 16.5. The lowest BCUT2D eigenvalue weighted by Gasteiger charge is -2.23. The molecule has 0 saturated heterocycles. The van der Waals surface area contributed by atoms with Gasteiger partial charge >= 0.3 is 5.97 Å². The van der Waals surface area contributed by atoms with E-state index in [1.165, 1.54) is 19.3 Å². The van der Waals surface area contributed by atoms with Crippen LogP contribution in [0.25, 0.3) is 5.69 Å². The molecule has 0 bridgehead atoms. The topological polar surface area (TPSA) is 111 Å². The SMILES string of the molecule is NCCO.O=C(O)CCc1cn(-c2ccc(OC3CCCCC3)cc2)cn1. The number of hydrogen-bond donors (Lipinski definition) is 3. The number of imidazole rings is 1. The fourth-order valence-electron chi connectivity index (χ4n) is 2.94. The van der Waals surface area contributed by atoms with Gasteiger partial charge in [-0.05, 0) is 49.9 Å². The molecule has 3 rings (SSSR count). The Morgan fingerprint density at radius 2 is 1.89 bits per heavy atom. The number of carbonyl (C=O) groups is 1.